The fourth-order valence-electron chi connectivity index (χ4n) is 9.31. The Morgan fingerprint density at radius 3 is 1.96 bits per heavy atom. The normalized spacial score (nSPS) is 17.7. The second kappa shape index (κ2) is 27.1. The molecule has 6 amide bonds. The third-order valence-corrected chi connectivity index (χ3v) is 14.5. The largest absolute Gasteiger partial charge is 0.471 e. The minimum Gasteiger partial charge on any atom is -0.379 e. The van der Waals surface area contributed by atoms with Gasteiger partial charge in [0.2, 0.25) is 33.7 Å². The average Bonchev–Trinajstić information content (AvgIpc) is 3.78. The summed E-state index contributed by atoms with van der Waals surface area (Å²) in [6, 6.07) is 9.78. The molecule has 9 atom stereocenters. The number of carbonyl (C=O) groups is 6. The zero-order valence-electron chi connectivity index (χ0n) is 43.2. The highest BCUT2D eigenvalue weighted by Gasteiger charge is 2.44. The monoisotopic (exact) mass is 1020 g/mol. The molecule has 1 aliphatic rings. The number of alkyl halides is 3. The van der Waals surface area contributed by atoms with Crippen molar-refractivity contribution in [3.63, 3.8) is 0 Å². The number of anilines is 1. The lowest BCUT2D eigenvalue weighted by atomic mass is 9.89. The van der Waals surface area contributed by atoms with Gasteiger partial charge >= 0.3 is 12.1 Å². The smallest absolute Gasteiger partial charge is 0.379 e. The van der Waals surface area contributed by atoms with Crippen molar-refractivity contribution in [2.75, 3.05) is 47.2 Å². The number of nitrogens with zero attached hydrogens (tertiary/aromatic N) is 3. The van der Waals surface area contributed by atoms with Crippen LogP contribution in [0.25, 0.3) is 0 Å². The van der Waals surface area contributed by atoms with Crippen LogP contribution in [-0.2, 0) is 60.4 Å². The van der Waals surface area contributed by atoms with Crippen LogP contribution in [0.15, 0.2) is 54.6 Å². The van der Waals surface area contributed by atoms with Gasteiger partial charge in [0.1, 0.15) is 12.1 Å². The highest BCUT2D eigenvalue weighted by molar-refractivity contribution is 7.89. The van der Waals surface area contributed by atoms with Gasteiger partial charge in [0, 0.05) is 33.5 Å². The van der Waals surface area contributed by atoms with E-state index in [1.54, 1.807) is 41.2 Å². The summed E-state index contributed by atoms with van der Waals surface area (Å²) >= 11 is 0. The number of carbonyl (C=O) groups excluding carboxylic acids is 6. The van der Waals surface area contributed by atoms with Gasteiger partial charge in [-0.25, -0.2) is 8.42 Å². The second-order valence-corrected chi connectivity index (χ2v) is 21.2. The summed E-state index contributed by atoms with van der Waals surface area (Å²) in [7, 11) is 3.79. The molecule has 1 aliphatic heterocycles. The van der Waals surface area contributed by atoms with E-state index in [0.717, 1.165) is 17.7 Å². The van der Waals surface area contributed by atoms with Gasteiger partial charge in [-0.1, -0.05) is 97.4 Å². The number of ether oxygens (including phenoxy) is 2. The number of hydrogen-bond donors (Lipinski definition) is 4. The molecule has 2 aromatic rings. The van der Waals surface area contributed by atoms with Crippen molar-refractivity contribution < 1.29 is 59.8 Å². The molecule has 0 radical (unpaired) electrons. The molecule has 1 saturated heterocycles. The van der Waals surface area contributed by atoms with Gasteiger partial charge in [-0.2, -0.15) is 13.2 Å². The first-order valence-electron chi connectivity index (χ1n) is 24.1. The quantitative estimate of drug-likeness (QED) is 0.0996. The minimum absolute atomic E-state index is 0.00530. The summed E-state index contributed by atoms with van der Waals surface area (Å²) in [6.07, 6.45) is -4.86. The molecule has 71 heavy (non-hydrogen) atoms. The Hall–Kier alpha value is -5.12. The van der Waals surface area contributed by atoms with Crippen LogP contribution in [0.1, 0.15) is 91.7 Å². The van der Waals surface area contributed by atoms with Crippen molar-refractivity contribution in [2.24, 2.45) is 23.7 Å². The molecule has 17 nitrogen and oxygen atoms in total. The maximum atomic E-state index is 14.4. The van der Waals surface area contributed by atoms with E-state index in [1.165, 1.54) is 26.4 Å². The molecule has 0 spiro atoms. The van der Waals surface area contributed by atoms with E-state index in [4.69, 9.17) is 9.47 Å². The number of methoxy groups -OCH3 is 2. The van der Waals surface area contributed by atoms with Gasteiger partial charge in [0.05, 0.1) is 48.4 Å². The lowest BCUT2D eigenvalue weighted by molar-refractivity contribution is -0.167. The first-order valence-corrected chi connectivity index (χ1v) is 25.8. The van der Waals surface area contributed by atoms with Gasteiger partial charge < -0.3 is 35.2 Å². The lowest BCUT2D eigenvalue weighted by Crippen LogP contribution is -2.59. The highest BCUT2D eigenvalue weighted by atomic mass is 32.2. The number of amides is 6. The summed E-state index contributed by atoms with van der Waals surface area (Å²) in [4.78, 5) is 86.6. The van der Waals surface area contributed by atoms with E-state index in [-0.39, 0.29) is 66.0 Å². The van der Waals surface area contributed by atoms with Gasteiger partial charge in [0.15, 0.2) is 0 Å². The molecule has 3 rings (SSSR count). The number of nitrogens with one attached hydrogen (secondary N) is 4. The molecule has 398 valence electrons. The van der Waals surface area contributed by atoms with Crippen LogP contribution in [0.5, 0.6) is 0 Å². The molecule has 0 aromatic heterocycles. The van der Waals surface area contributed by atoms with Crippen molar-refractivity contribution in [1.82, 2.24) is 30.1 Å². The van der Waals surface area contributed by atoms with Crippen LogP contribution >= 0.6 is 0 Å². The number of rotatable bonds is 26. The van der Waals surface area contributed by atoms with Crippen molar-refractivity contribution in [1.29, 1.82) is 0 Å². The number of likely N-dealkylation sites (N-methyl/N-ethyl adjacent to an activating group) is 2. The Labute approximate surface area is 417 Å². The molecule has 2 aromatic carbocycles. The predicted octanol–water partition coefficient (Wildman–Crippen LogP) is 4.90. The molecule has 4 N–H and O–H groups in total. The first-order chi connectivity index (χ1) is 33.2. The Balaban J connectivity index is 1.81. The summed E-state index contributed by atoms with van der Waals surface area (Å²) < 4.78 is 78.7. The van der Waals surface area contributed by atoms with E-state index < -0.39 is 88.0 Å². The molecule has 1 heterocycles. The lowest BCUT2D eigenvalue weighted by Gasteiger charge is -2.41. The average molecular weight is 1020 g/mol. The van der Waals surface area contributed by atoms with Crippen LogP contribution < -0.4 is 20.7 Å². The Kier molecular flexibility index (Phi) is 23.0. The van der Waals surface area contributed by atoms with E-state index in [0.29, 0.717) is 25.8 Å². The number of aryl methyl sites for hydroxylation is 1. The van der Waals surface area contributed by atoms with Crippen LogP contribution in [-0.4, -0.2) is 149 Å². The first kappa shape index (κ1) is 60.2. The maximum absolute atomic E-state index is 14.4. The molecule has 0 bridgehead atoms. The molecule has 0 saturated carbocycles. The third-order valence-electron chi connectivity index (χ3n) is 13.2. The van der Waals surface area contributed by atoms with Crippen LogP contribution in [0.2, 0.25) is 0 Å². The standard InChI is InChI=1S/C50H76F3N7O10S/c1-13-32(6)43(59(10)48(65)41(30(2)3)56-47(64)42(31(4)5)58(8)9)39(69-11)28-40(61)60-27-17-20-38(60)44(70-12)33(7)45(62)55-37(26-23-34-18-15-14-16-19-34)46(63)57-71(67,68)29-35-21-24-36(25-22-35)54-49(66)50(51,52)53/h14-16,18-19,21-22,24-25,30-33,37-39,41-44H,13,17,20,23,26-29H2,1-12H3,(H,54,66)(H,55,62)(H,56,64)(H,57,63)/t32-,33+,37-,38-,39+,41-,42-,43-,44+/m0/s1. The van der Waals surface area contributed by atoms with E-state index in [1.807, 2.05) is 83.5 Å². The molecule has 0 aliphatic carbocycles. The fourth-order valence-corrected chi connectivity index (χ4v) is 10.5. The number of hydrogen-bond acceptors (Lipinski definition) is 11. The minimum atomic E-state index is -5.13. The van der Waals surface area contributed by atoms with E-state index in [9.17, 15) is 50.4 Å². The van der Waals surface area contributed by atoms with Crippen LogP contribution in [0.3, 0.4) is 0 Å². The summed E-state index contributed by atoms with van der Waals surface area (Å²) in [5.74, 6) is -6.82. The van der Waals surface area contributed by atoms with Gasteiger partial charge in [0.25, 0.3) is 5.91 Å². The molecule has 21 heteroatoms. The zero-order valence-corrected chi connectivity index (χ0v) is 44.0. The third kappa shape index (κ3) is 17.3. The van der Waals surface area contributed by atoms with Crippen molar-refractivity contribution >= 4 is 51.2 Å². The Morgan fingerprint density at radius 2 is 1.44 bits per heavy atom. The number of halogens is 3. The topological polar surface area (TPSA) is 213 Å². The van der Waals surface area contributed by atoms with E-state index >= 15 is 0 Å². The summed E-state index contributed by atoms with van der Waals surface area (Å²) in [6.45, 7) is 13.5. The molecule has 1 fully saturated rings. The van der Waals surface area contributed by atoms with Crippen LogP contribution in [0, 0.1) is 23.7 Å². The SMILES string of the molecule is CC[C@H](C)[C@@H]([C@@H](CC(=O)N1CCC[C@H]1[C@H](OC)[C@@H](C)C(=O)N[C@@H](CCc1ccccc1)C(=O)NS(=O)(=O)Cc1ccc(NC(=O)C(F)(F)F)cc1)OC)N(C)C(=O)[C@@H](NC(=O)[C@H](C(C)C)N(C)C)C(C)C. The van der Waals surface area contributed by atoms with Crippen LogP contribution in [0.4, 0.5) is 18.9 Å². The van der Waals surface area contributed by atoms with Gasteiger partial charge in [-0.05, 0) is 80.8 Å². The Bertz CT molecular complexity index is 2190. The summed E-state index contributed by atoms with van der Waals surface area (Å²) in [5, 5.41) is 7.40. The van der Waals surface area contributed by atoms with Crippen molar-refractivity contribution in [3.05, 3.63) is 65.7 Å². The molecular weight excluding hydrogens is 948 g/mol. The maximum Gasteiger partial charge on any atom is 0.471 e. The number of sulfonamides is 1. The summed E-state index contributed by atoms with van der Waals surface area (Å²) in [5.41, 5.74) is 0.691. The van der Waals surface area contributed by atoms with Crippen molar-refractivity contribution in [2.45, 2.75) is 141 Å². The fraction of sp³-hybridized carbons (Fsp3) is 0.640. The predicted molar refractivity (Wildman–Crippen MR) is 264 cm³/mol. The highest BCUT2D eigenvalue weighted by Crippen LogP contribution is 2.30. The van der Waals surface area contributed by atoms with E-state index in [2.05, 4.69) is 10.6 Å². The van der Waals surface area contributed by atoms with Gasteiger partial charge in [-0.15, -0.1) is 0 Å². The Morgan fingerprint density at radius 1 is 0.817 bits per heavy atom. The molecular formula is C50H76F3N7O10S. The zero-order chi connectivity index (χ0) is 53.5. The number of benzene rings is 2. The second-order valence-electron chi connectivity index (χ2n) is 19.4. The van der Waals surface area contributed by atoms with Crippen molar-refractivity contribution in [3.8, 4) is 0 Å². The number of likely N-dealkylation sites (tertiary alicyclic amines) is 1. The molecule has 0 unspecified atom stereocenters. The van der Waals surface area contributed by atoms with Gasteiger partial charge in [-0.3, -0.25) is 38.4 Å².